The number of hydrogen-bond donors (Lipinski definition) is 0. The van der Waals surface area contributed by atoms with Gasteiger partial charge in [-0.25, -0.2) is 8.42 Å². The van der Waals surface area contributed by atoms with Gasteiger partial charge in [-0.2, -0.15) is 4.31 Å². The Bertz CT molecular complexity index is 892. The SMILES string of the molecule is O=S(=O)(c1ccc2c(c1)OCCO2)N1CCN(Cc2ccc(Cl)s2)CC1. The molecule has 0 aliphatic carbocycles. The molecule has 0 N–H and O–H groups in total. The highest BCUT2D eigenvalue weighted by atomic mass is 35.5. The molecular formula is C17H19ClN2O4S2. The van der Waals surface area contributed by atoms with E-state index in [1.807, 2.05) is 12.1 Å². The smallest absolute Gasteiger partial charge is 0.243 e. The number of ether oxygens (including phenoxy) is 2. The summed E-state index contributed by atoms with van der Waals surface area (Å²) in [6, 6.07) is 8.72. The molecule has 3 heterocycles. The first-order valence-electron chi connectivity index (χ1n) is 8.39. The van der Waals surface area contributed by atoms with Crippen molar-refractivity contribution in [3.05, 3.63) is 39.5 Å². The van der Waals surface area contributed by atoms with Crippen LogP contribution in [0.25, 0.3) is 0 Å². The van der Waals surface area contributed by atoms with Crippen molar-refractivity contribution in [2.75, 3.05) is 39.4 Å². The van der Waals surface area contributed by atoms with E-state index >= 15 is 0 Å². The van der Waals surface area contributed by atoms with Crippen LogP contribution in [0.2, 0.25) is 4.34 Å². The summed E-state index contributed by atoms with van der Waals surface area (Å²) in [7, 11) is -3.54. The summed E-state index contributed by atoms with van der Waals surface area (Å²) >= 11 is 7.54. The van der Waals surface area contributed by atoms with Gasteiger partial charge in [-0.3, -0.25) is 4.90 Å². The summed E-state index contributed by atoms with van der Waals surface area (Å²) in [6.45, 7) is 4.04. The number of halogens is 1. The van der Waals surface area contributed by atoms with Gasteiger partial charge in [0.15, 0.2) is 11.5 Å². The largest absolute Gasteiger partial charge is 0.486 e. The maximum Gasteiger partial charge on any atom is 0.243 e. The average molecular weight is 415 g/mol. The van der Waals surface area contributed by atoms with Gasteiger partial charge in [0, 0.05) is 43.7 Å². The van der Waals surface area contributed by atoms with Gasteiger partial charge >= 0.3 is 0 Å². The minimum atomic E-state index is -3.54. The summed E-state index contributed by atoms with van der Waals surface area (Å²) < 4.78 is 39.2. The predicted octanol–water partition coefficient (Wildman–Crippen LogP) is 2.68. The summed E-state index contributed by atoms with van der Waals surface area (Å²) in [5, 5.41) is 0. The molecule has 4 rings (SSSR count). The van der Waals surface area contributed by atoms with E-state index in [1.165, 1.54) is 9.18 Å². The molecule has 2 aliphatic heterocycles. The Morgan fingerprint density at radius 3 is 2.42 bits per heavy atom. The molecule has 140 valence electrons. The van der Waals surface area contributed by atoms with E-state index in [1.54, 1.807) is 29.5 Å². The molecule has 0 unspecified atom stereocenters. The van der Waals surface area contributed by atoms with Crippen molar-refractivity contribution in [2.24, 2.45) is 0 Å². The van der Waals surface area contributed by atoms with Gasteiger partial charge in [-0.05, 0) is 24.3 Å². The van der Waals surface area contributed by atoms with Crippen molar-refractivity contribution in [1.29, 1.82) is 0 Å². The fraction of sp³-hybridized carbons (Fsp3) is 0.412. The van der Waals surface area contributed by atoms with E-state index in [0.29, 0.717) is 50.9 Å². The minimum absolute atomic E-state index is 0.250. The first kappa shape index (κ1) is 18.1. The molecule has 1 saturated heterocycles. The molecule has 9 heteroatoms. The van der Waals surface area contributed by atoms with E-state index in [2.05, 4.69) is 4.90 Å². The Kier molecular flexibility index (Phi) is 5.11. The van der Waals surface area contributed by atoms with Crippen molar-refractivity contribution in [1.82, 2.24) is 9.21 Å². The molecule has 1 fully saturated rings. The Balaban J connectivity index is 1.43. The lowest BCUT2D eigenvalue weighted by Gasteiger charge is -2.33. The molecule has 0 saturated carbocycles. The second-order valence-electron chi connectivity index (χ2n) is 6.19. The number of thiophene rings is 1. The molecule has 0 radical (unpaired) electrons. The highest BCUT2D eigenvalue weighted by molar-refractivity contribution is 7.89. The van der Waals surface area contributed by atoms with Gasteiger partial charge in [0.05, 0.1) is 9.23 Å². The second kappa shape index (κ2) is 7.36. The monoisotopic (exact) mass is 414 g/mol. The van der Waals surface area contributed by atoms with Crippen LogP contribution < -0.4 is 9.47 Å². The van der Waals surface area contributed by atoms with Crippen molar-refractivity contribution < 1.29 is 17.9 Å². The van der Waals surface area contributed by atoms with E-state index < -0.39 is 10.0 Å². The molecule has 0 amide bonds. The third-order valence-electron chi connectivity index (χ3n) is 4.49. The van der Waals surface area contributed by atoms with Gasteiger partial charge in [-0.15, -0.1) is 11.3 Å². The Hall–Kier alpha value is -1.32. The van der Waals surface area contributed by atoms with E-state index in [9.17, 15) is 8.42 Å². The van der Waals surface area contributed by atoms with E-state index in [0.717, 1.165) is 10.9 Å². The molecule has 26 heavy (non-hydrogen) atoms. The Morgan fingerprint density at radius 1 is 1.00 bits per heavy atom. The first-order valence-corrected chi connectivity index (χ1v) is 11.0. The fourth-order valence-corrected chi connectivity index (χ4v) is 5.69. The molecule has 1 aromatic carbocycles. The van der Waals surface area contributed by atoms with Gasteiger partial charge in [0.25, 0.3) is 0 Å². The quantitative estimate of drug-likeness (QED) is 0.769. The fourth-order valence-electron chi connectivity index (χ4n) is 3.12. The summed E-state index contributed by atoms with van der Waals surface area (Å²) in [6.07, 6.45) is 0. The van der Waals surface area contributed by atoms with Gasteiger partial charge < -0.3 is 9.47 Å². The first-order chi connectivity index (χ1) is 12.5. The summed E-state index contributed by atoms with van der Waals surface area (Å²) in [5.74, 6) is 1.08. The third-order valence-corrected chi connectivity index (χ3v) is 7.60. The number of benzene rings is 1. The van der Waals surface area contributed by atoms with Crippen LogP contribution in [0, 0.1) is 0 Å². The molecular weight excluding hydrogens is 396 g/mol. The zero-order chi connectivity index (χ0) is 18.1. The third kappa shape index (κ3) is 3.70. The van der Waals surface area contributed by atoms with Crippen molar-refractivity contribution in [3.63, 3.8) is 0 Å². The maximum absolute atomic E-state index is 12.9. The molecule has 6 nitrogen and oxygen atoms in total. The highest BCUT2D eigenvalue weighted by Gasteiger charge is 2.29. The highest BCUT2D eigenvalue weighted by Crippen LogP contribution is 2.33. The Labute approximate surface area is 161 Å². The molecule has 0 bridgehead atoms. The van der Waals surface area contributed by atoms with Gasteiger partial charge in [0.1, 0.15) is 13.2 Å². The molecule has 1 aromatic heterocycles. The molecule has 0 atom stereocenters. The van der Waals surface area contributed by atoms with Crippen LogP contribution in [-0.2, 0) is 16.6 Å². The zero-order valence-electron chi connectivity index (χ0n) is 14.1. The van der Waals surface area contributed by atoms with Gasteiger partial charge in [0.2, 0.25) is 10.0 Å². The van der Waals surface area contributed by atoms with Crippen LogP contribution >= 0.6 is 22.9 Å². The summed E-state index contributed by atoms with van der Waals surface area (Å²) in [5.41, 5.74) is 0. The zero-order valence-corrected chi connectivity index (χ0v) is 16.4. The number of sulfonamides is 1. The van der Waals surface area contributed by atoms with Crippen LogP contribution in [0.4, 0.5) is 0 Å². The standard InChI is InChI=1S/C17H19ClN2O4S2/c18-17-4-1-13(25-17)12-19-5-7-20(8-6-19)26(21,22)14-2-3-15-16(11-14)24-10-9-23-15/h1-4,11H,5-10,12H2. The number of piperazine rings is 1. The number of fused-ring (bicyclic) bond motifs is 1. The number of hydrogen-bond acceptors (Lipinski definition) is 6. The van der Waals surface area contributed by atoms with Crippen LogP contribution in [0.15, 0.2) is 35.2 Å². The van der Waals surface area contributed by atoms with Gasteiger partial charge in [-0.1, -0.05) is 11.6 Å². The Morgan fingerprint density at radius 2 is 1.73 bits per heavy atom. The lowest BCUT2D eigenvalue weighted by molar-refractivity contribution is 0.170. The summed E-state index contributed by atoms with van der Waals surface area (Å²) in [4.78, 5) is 3.69. The topological polar surface area (TPSA) is 59.1 Å². The molecule has 2 aromatic rings. The maximum atomic E-state index is 12.9. The van der Waals surface area contributed by atoms with Crippen LogP contribution in [0.1, 0.15) is 4.88 Å². The van der Waals surface area contributed by atoms with Crippen LogP contribution in [0.3, 0.4) is 0 Å². The van der Waals surface area contributed by atoms with Crippen LogP contribution in [0.5, 0.6) is 11.5 Å². The number of nitrogens with zero attached hydrogens (tertiary/aromatic N) is 2. The van der Waals surface area contributed by atoms with E-state index in [-0.39, 0.29) is 4.90 Å². The normalized spacial score (nSPS) is 18.8. The van der Waals surface area contributed by atoms with E-state index in [4.69, 9.17) is 21.1 Å². The predicted molar refractivity (Wildman–Crippen MR) is 101 cm³/mol. The molecule has 0 spiro atoms. The van der Waals surface area contributed by atoms with Crippen molar-refractivity contribution in [2.45, 2.75) is 11.4 Å². The average Bonchev–Trinajstić information content (AvgIpc) is 3.06. The lowest BCUT2D eigenvalue weighted by atomic mass is 10.3. The van der Waals surface area contributed by atoms with Crippen LogP contribution in [-0.4, -0.2) is 57.0 Å². The molecule has 2 aliphatic rings. The lowest BCUT2D eigenvalue weighted by Crippen LogP contribution is -2.48. The van der Waals surface area contributed by atoms with Crippen molar-refractivity contribution >= 4 is 33.0 Å². The second-order valence-corrected chi connectivity index (χ2v) is 9.93. The van der Waals surface area contributed by atoms with Crippen molar-refractivity contribution in [3.8, 4) is 11.5 Å². The number of rotatable bonds is 4. The minimum Gasteiger partial charge on any atom is -0.486 e.